The number of alkyl halides is 3. The molecule has 0 saturated heterocycles. The minimum atomic E-state index is -4.92. The van der Waals surface area contributed by atoms with Gasteiger partial charge in [0, 0.05) is 17.3 Å². The minimum absolute atomic E-state index is 0.108. The van der Waals surface area contributed by atoms with E-state index in [1.807, 2.05) is 0 Å². The predicted molar refractivity (Wildman–Crippen MR) is 75.8 cm³/mol. The molecule has 2 aromatic rings. The van der Waals surface area contributed by atoms with E-state index in [1.165, 1.54) is 24.3 Å². The van der Waals surface area contributed by atoms with Gasteiger partial charge in [-0.3, -0.25) is 9.52 Å². The van der Waals surface area contributed by atoms with Crippen LogP contribution in [-0.4, -0.2) is 21.1 Å². The van der Waals surface area contributed by atoms with Crippen molar-refractivity contribution in [3.8, 4) is 5.75 Å². The van der Waals surface area contributed by atoms with Gasteiger partial charge in [-0.15, -0.1) is 13.2 Å². The van der Waals surface area contributed by atoms with Gasteiger partial charge >= 0.3 is 6.36 Å². The van der Waals surface area contributed by atoms with Crippen molar-refractivity contribution in [3.63, 3.8) is 0 Å². The molecule has 0 bridgehead atoms. The van der Waals surface area contributed by atoms with E-state index in [9.17, 15) is 26.4 Å². The third-order valence-electron chi connectivity index (χ3n) is 2.62. The van der Waals surface area contributed by atoms with Gasteiger partial charge < -0.3 is 4.74 Å². The second-order valence-corrected chi connectivity index (χ2v) is 6.05. The Hall–Kier alpha value is -2.55. The summed E-state index contributed by atoms with van der Waals surface area (Å²) in [4.78, 5) is 10.3. The first-order valence-electron chi connectivity index (χ1n) is 6.13. The fraction of sp³-hybridized carbons (Fsp3) is 0.0714. The van der Waals surface area contributed by atoms with E-state index in [2.05, 4.69) is 9.46 Å². The van der Waals surface area contributed by atoms with Gasteiger partial charge in [-0.05, 0) is 24.3 Å². The zero-order valence-electron chi connectivity index (χ0n) is 11.4. The molecule has 0 aliphatic carbocycles. The molecular weight excluding hydrogens is 335 g/mol. The molecule has 1 N–H and O–H groups in total. The van der Waals surface area contributed by atoms with Crippen molar-refractivity contribution in [1.29, 1.82) is 0 Å². The van der Waals surface area contributed by atoms with Gasteiger partial charge in [0.1, 0.15) is 12.0 Å². The van der Waals surface area contributed by atoms with E-state index in [0.717, 1.165) is 24.3 Å². The maximum atomic E-state index is 12.2. The number of ether oxygens (including phenoxy) is 1. The fourth-order valence-electron chi connectivity index (χ4n) is 1.73. The Kier molecular flexibility index (Phi) is 4.60. The molecule has 0 unspecified atom stereocenters. The Bertz CT molecular complexity index is 819. The van der Waals surface area contributed by atoms with Crippen LogP contribution in [0.3, 0.4) is 0 Å². The summed E-state index contributed by atoms with van der Waals surface area (Å²) in [5.74, 6) is -0.651. The third-order valence-corrected chi connectivity index (χ3v) is 4.00. The van der Waals surface area contributed by atoms with E-state index < -0.39 is 27.0 Å². The summed E-state index contributed by atoms with van der Waals surface area (Å²) in [7, 11) is -4.13. The monoisotopic (exact) mass is 345 g/mol. The van der Waals surface area contributed by atoms with E-state index in [-0.39, 0.29) is 11.3 Å². The summed E-state index contributed by atoms with van der Waals surface area (Å²) in [6.07, 6.45) is -4.39. The first kappa shape index (κ1) is 16.8. The van der Waals surface area contributed by atoms with Gasteiger partial charge in [-0.25, -0.2) is 8.42 Å². The lowest BCUT2D eigenvalue weighted by Crippen LogP contribution is -2.18. The lowest BCUT2D eigenvalue weighted by atomic mass is 10.2. The Morgan fingerprint density at radius 1 is 1.04 bits per heavy atom. The summed E-state index contributed by atoms with van der Waals surface area (Å²) in [6.45, 7) is 0. The van der Waals surface area contributed by atoms with Gasteiger partial charge in [0.2, 0.25) is 0 Å². The number of sulfonamides is 1. The van der Waals surface area contributed by atoms with Crippen molar-refractivity contribution < 1.29 is 31.1 Å². The van der Waals surface area contributed by atoms with Crippen LogP contribution in [0.5, 0.6) is 5.75 Å². The van der Waals surface area contributed by atoms with Gasteiger partial charge in [0.15, 0.2) is 0 Å². The second-order valence-electron chi connectivity index (χ2n) is 4.37. The van der Waals surface area contributed by atoms with Crippen LogP contribution in [0.15, 0.2) is 53.4 Å². The van der Waals surface area contributed by atoms with Crippen molar-refractivity contribution >= 4 is 22.0 Å². The molecule has 23 heavy (non-hydrogen) atoms. The Labute approximate surface area is 129 Å². The SMILES string of the molecule is O=Cc1cccc(NS(=O)(=O)c2cccc(OC(F)(F)F)c2)c1. The lowest BCUT2D eigenvalue weighted by Gasteiger charge is -2.11. The van der Waals surface area contributed by atoms with Gasteiger partial charge in [-0.2, -0.15) is 0 Å². The standard InChI is InChI=1S/C14H10F3NO4S/c15-14(16,17)22-12-5-2-6-13(8-12)23(20,21)18-11-4-1-3-10(7-11)9-19/h1-9,18H. The highest BCUT2D eigenvalue weighted by molar-refractivity contribution is 7.92. The summed E-state index contributed by atoms with van der Waals surface area (Å²) in [5, 5.41) is 0. The van der Waals surface area contributed by atoms with Gasteiger partial charge in [0.05, 0.1) is 4.90 Å². The zero-order valence-corrected chi connectivity index (χ0v) is 12.2. The van der Waals surface area contributed by atoms with E-state index >= 15 is 0 Å². The topological polar surface area (TPSA) is 72.5 Å². The van der Waals surface area contributed by atoms with Crippen LogP contribution in [0.4, 0.5) is 18.9 Å². The van der Waals surface area contributed by atoms with Crippen LogP contribution < -0.4 is 9.46 Å². The molecular formula is C14H10F3NO4S. The number of carbonyl (C=O) groups excluding carboxylic acids is 1. The predicted octanol–water partition coefficient (Wildman–Crippen LogP) is 3.20. The van der Waals surface area contributed by atoms with Crippen molar-refractivity contribution in [2.45, 2.75) is 11.3 Å². The molecule has 122 valence electrons. The lowest BCUT2D eigenvalue weighted by molar-refractivity contribution is -0.274. The number of halogens is 3. The molecule has 2 rings (SSSR count). The van der Waals surface area contributed by atoms with Crippen molar-refractivity contribution in [3.05, 3.63) is 54.1 Å². The zero-order chi connectivity index (χ0) is 17.1. The molecule has 0 atom stereocenters. The number of hydrogen-bond donors (Lipinski definition) is 1. The highest BCUT2D eigenvalue weighted by Crippen LogP contribution is 2.26. The molecule has 9 heteroatoms. The van der Waals surface area contributed by atoms with Crippen molar-refractivity contribution in [2.75, 3.05) is 4.72 Å². The molecule has 2 aromatic carbocycles. The Morgan fingerprint density at radius 3 is 2.39 bits per heavy atom. The summed E-state index contributed by atoms with van der Waals surface area (Å²) in [6, 6.07) is 9.61. The maximum absolute atomic E-state index is 12.2. The average Bonchev–Trinajstić information content (AvgIpc) is 2.45. The van der Waals surface area contributed by atoms with Crippen molar-refractivity contribution in [2.24, 2.45) is 0 Å². The van der Waals surface area contributed by atoms with E-state index in [0.29, 0.717) is 6.29 Å². The molecule has 0 spiro atoms. The third kappa shape index (κ3) is 4.71. The van der Waals surface area contributed by atoms with Gasteiger partial charge in [-0.1, -0.05) is 18.2 Å². The van der Waals surface area contributed by atoms with Crippen LogP contribution in [0, 0.1) is 0 Å². The van der Waals surface area contributed by atoms with E-state index in [4.69, 9.17) is 0 Å². The van der Waals surface area contributed by atoms with Crippen LogP contribution in [0.2, 0.25) is 0 Å². The second kappa shape index (κ2) is 6.29. The number of rotatable bonds is 5. The van der Waals surface area contributed by atoms with Crippen molar-refractivity contribution in [1.82, 2.24) is 0 Å². The molecule has 0 saturated carbocycles. The summed E-state index contributed by atoms with van der Waals surface area (Å²) >= 11 is 0. The molecule has 0 aromatic heterocycles. The number of benzene rings is 2. The quantitative estimate of drug-likeness (QED) is 0.845. The maximum Gasteiger partial charge on any atom is 0.573 e. The normalized spacial score (nSPS) is 11.8. The summed E-state index contributed by atoms with van der Waals surface area (Å²) in [5.41, 5.74) is 0.357. The molecule has 0 amide bonds. The van der Waals surface area contributed by atoms with Crippen LogP contribution in [0.25, 0.3) is 0 Å². The molecule has 5 nitrogen and oxygen atoms in total. The first-order valence-corrected chi connectivity index (χ1v) is 7.62. The molecule has 0 fully saturated rings. The smallest absolute Gasteiger partial charge is 0.406 e. The average molecular weight is 345 g/mol. The van der Waals surface area contributed by atoms with Crippen LogP contribution >= 0.6 is 0 Å². The minimum Gasteiger partial charge on any atom is -0.406 e. The first-order chi connectivity index (χ1) is 10.7. The number of aldehydes is 1. The highest BCUT2D eigenvalue weighted by atomic mass is 32.2. The number of hydrogen-bond acceptors (Lipinski definition) is 4. The number of nitrogens with one attached hydrogen (secondary N) is 1. The molecule has 0 aliphatic heterocycles. The molecule has 0 aliphatic rings. The highest BCUT2D eigenvalue weighted by Gasteiger charge is 2.31. The van der Waals surface area contributed by atoms with Crippen LogP contribution in [-0.2, 0) is 10.0 Å². The summed E-state index contributed by atoms with van der Waals surface area (Å²) < 4.78 is 66.8. The Balaban J connectivity index is 2.28. The molecule has 0 radical (unpaired) electrons. The Morgan fingerprint density at radius 2 is 1.74 bits per heavy atom. The van der Waals surface area contributed by atoms with Gasteiger partial charge in [0.25, 0.3) is 10.0 Å². The largest absolute Gasteiger partial charge is 0.573 e. The number of carbonyl (C=O) groups is 1. The molecule has 0 heterocycles. The number of anilines is 1. The fourth-order valence-corrected chi connectivity index (χ4v) is 2.81. The van der Waals surface area contributed by atoms with Crippen LogP contribution in [0.1, 0.15) is 10.4 Å². The van der Waals surface area contributed by atoms with E-state index in [1.54, 1.807) is 0 Å².